The van der Waals surface area contributed by atoms with Crippen LogP contribution in [0.4, 0.5) is 11.4 Å². The molecule has 0 saturated heterocycles. The van der Waals surface area contributed by atoms with Gasteiger partial charge >= 0.3 is 0 Å². The van der Waals surface area contributed by atoms with Crippen LogP contribution in [-0.4, -0.2) is 17.7 Å². The van der Waals surface area contributed by atoms with E-state index in [2.05, 4.69) is 31.3 Å². The predicted molar refractivity (Wildman–Crippen MR) is 112 cm³/mol. The summed E-state index contributed by atoms with van der Waals surface area (Å²) in [5, 5.41) is 4.70. The van der Waals surface area contributed by atoms with Crippen LogP contribution in [0, 0.1) is 13.8 Å². The highest BCUT2D eigenvalue weighted by Crippen LogP contribution is 2.37. The van der Waals surface area contributed by atoms with Crippen molar-refractivity contribution in [1.82, 2.24) is 4.98 Å². The Bertz CT molecular complexity index is 1280. The maximum Gasteiger partial charge on any atom is 0.267 e. The quantitative estimate of drug-likeness (QED) is 0.520. The van der Waals surface area contributed by atoms with Crippen LogP contribution in [0.1, 0.15) is 20.8 Å². The molecular weight excluding hydrogens is 374 g/mol. The first-order chi connectivity index (χ1) is 13.5. The Hall–Kier alpha value is -3.32. The molecule has 1 aliphatic heterocycles. The number of thiophene rings is 1. The standard InChI is InChI=1S/C21H17N3O3S/c1-10-5-12-7-14-18(22)19(28-21(14)24-15(12)6-11(10)2)20(25)23-13-3-4-16-17(8-13)27-9-26-16/h3-8H,9,22H2,1-2H3,(H,23,25). The Morgan fingerprint density at radius 1 is 1.11 bits per heavy atom. The number of nitrogen functional groups attached to an aromatic ring is 1. The second-order valence-corrected chi connectivity index (χ2v) is 7.84. The van der Waals surface area contributed by atoms with Crippen molar-refractivity contribution in [2.45, 2.75) is 13.8 Å². The molecule has 0 spiro atoms. The van der Waals surface area contributed by atoms with Gasteiger partial charge in [0.05, 0.1) is 11.2 Å². The lowest BCUT2D eigenvalue weighted by Gasteiger charge is -2.05. The van der Waals surface area contributed by atoms with E-state index in [0.29, 0.717) is 27.8 Å². The Labute approximate surface area is 164 Å². The van der Waals surface area contributed by atoms with Crippen LogP contribution in [0.25, 0.3) is 21.1 Å². The minimum absolute atomic E-state index is 0.189. The van der Waals surface area contributed by atoms with Crippen molar-refractivity contribution in [2.24, 2.45) is 0 Å². The van der Waals surface area contributed by atoms with Crippen molar-refractivity contribution in [3.8, 4) is 11.5 Å². The van der Waals surface area contributed by atoms with Gasteiger partial charge in [-0.3, -0.25) is 4.79 Å². The number of amides is 1. The van der Waals surface area contributed by atoms with Gasteiger partial charge in [-0.2, -0.15) is 0 Å². The molecule has 28 heavy (non-hydrogen) atoms. The smallest absolute Gasteiger partial charge is 0.267 e. The third-order valence-corrected chi connectivity index (χ3v) is 6.08. The number of hydrogen-bond donors (Lipinski definition) is 2. The molecule has 0 aliphatic carbocycles. The maximum atomic E-state index is 12.8. The highest BCUT2D eigenvalue weighted by atomic mass is 32.1. The third kappa shape index (κ3) is 2.63. The predicted octanol–water partition coefficient (Wildman–Crippen LogP) is 4.63. The fraction of sp³-hybridized carbons (Fsp3) is 0.143. The van der Waals surface area contributed by atoms with Gasteiger partial charge in [0.25, 0.3) is 5.91 Å². The molecule has 6 nitrogen and oxygen atoms in total. The van der Waals surface area contributed by atoms with E-state index < -0.39 is 0 Å². The number of aryl methyl sites for hydroxylation is 2. The zero-order valence-corrected chi connectivity index (χ0v) is 16.1. The molecule has 1 amide bonds. The summed E-state index contributed by atoms with van der Waals surface area (Å²) in [5.41, 5.74) is 10.7. The number of hydrogen-bond acceptors (Lipinski definition) is 6. The van der Waals surface area contributed by atoms with Crippen molar-refractivity contribution in [2.75, 3.05) is 17.8 Å². The van der Waals surface area contributed by atoms with Gasteiger partial charge in [0, 0.05) is 22.5 Å². The number of ether oxygens (including phenoxy) is 2. The van der Waals surface area contributed by atoms with Crippen LogP contribution >= 0.6 is 11.3 Å². The number of fused-ring (bicyclic) bond motifs is 3. The number of rotatable bonds is 2. The summed E-state index contributed by atoms with van der Waals surface area (Å²) in [5.74, 6) is 1.01. The second kappa shape index (κ2) is 6.10. The summed E-state index contributed by atoms with van der Waals surface area (Å²) >= 11 is 1.30. The Morgan fingerprint density at radius 2 is 1.89 bits per heavy atom. The molecule has 0 atom stereocenters. The molecule has 2 aromatic heterocycles. The van der Waals surface area contributed by atoms with Gasteiger partial charge < -0.3 is 20.5 Å². The molecule has 140 valence electrons. The van der Waals surface area contributed by atoms with Gasteiger partial charge in [-0.05, 0) is 55.3 Å². The van der Waals surface area contributed by atoms with Crippen LogP contribution in [0.15, 0.2) is 36.4 Å². The maximum absolute atomic E-state index is 12.8. The van der Waals surface area contributed by atoms with E-state index in [1.807, 2.05) is 6.07 Å². The van der Waals surface area contributed by atoms with Crippen LogP contribution in [0.5, 0.6) is 11.5 Å². The average Bonchev–Trinajstić information content (AvgIpc) is 3.25. The van der Waals surface area contributed by atoms with Crippen molar-refractivity contribution < 1.29 is 14.3 Å². The first-order valence-electron chi connectivity index (χ1n) is 8.80. The molecule has 2 aromatic carbocycles. The highest BCUT2D eigenvalue weighted by molar-refractivity contribution is 7.21. The largest absolute Gasteiger partial charge is 0.454 e. The van der Waals surface area contributed by atoms with Gasteiger partial charge in [-0.1, -0.05) is 0 Å². The lowest BCUT2D eigenvalue weighted by molar-refractivity contribution is 0.103. The molecule has 0 unspecified atom stereocenters. The molecule has 7 heteroatoms. The average molecular weight is 391 g/mol. The van der Waals surface area contributed by atoms with E-state index in [9.17, 15) is 4.79 Å². The molecule has 3 N–H and O–H groups in total. The fourth-order valence-corrected chi connectivity index (χ4v) is 4.28. The first kappa shape index (κ1) is 16.8. The third-order valence-electron chi connectivity index (χ3n) is 4.97. The Morgan fingerprint density at radius 3 is 2.75 bits per heavy atom. The van der Waals surface area contributed by atoms with Crippen molar-refractivity contribution in [1.29, 1.82) is 0 Å². The van der Waals surface area contributed by atoms with Gasteiger partial charge in [0.15, 0.2) is 11.5 Å². The SMILES string of the molecule is Cc1cc2cc3c(N)c(C(=O)Nc4ccc5c(c4)OCO5)sc3nc2cc1C. The lowest BCUT2D eigenvalue weighted by Crippen LogP contribution is -2.11. The zero-order chi connectivity index (χ0) is 19.4. The summed E-state index contributed by atoms with van der Waals surface area (Å²) in [6.07, 6.45) is 0. The van der Waals surface area contributed by atoms with E-state index in [-0.39, 0.29) is 12.7 Å². The molecular formula is C21H17N3O3S. The number of nitrogens with two attached hydrogens (primary N) is 1. The van der Waals surface area contributed by atoms with Crippen molar-refractivity contribution in [3.05, 3.63) is 52.4 Å². The Kier molecular flexibility index (Phi) is 3.67. The normalized spacial score (nSPS) is 12.6. The number of nitrogens with one attached hydrogen (secondary N) is 1. The highest BCUT2D eigenvalue weighted by Gasteiger charge is 2.20. The van der Waals surface area contributed by atoms with Crippen LogP contribution in [-0.2, 0) is 0 Å². The van der Waals surface area contributed by atoms with Crippen LogP contribution in [0.2, 0.25) is 0 Å². The van der Waals surface area contributed by atoms with E-state index >= 15 is 0 Å². The summed E-state index contributed by atoms with van der Waals surface area (Å²) < 4.78 is 10.7. The number of pyridine rings is 1. The topological polar surface area (TPSA) is 86.5 Å². The number of aromatic nitrogens is 1. The van der Waals surface area contributed by atoms with E-state index in [1.54, 1.807) is 18.2 Å². The summed E-state index contributed by atoms with van der Waals surface area (Å²) in [4.78, 5) is 18.7. The molecule has 3 heterocycles. The molecule has 5 rings (SSSR count). The van der Waals surface area contributed by atoms with Gasteiger partial charge in [0.2, 0.25) is 6.79 Å². The molecule has 4 aromatic rings. The number of carbonyl (C=O) groups excluding carboxylic acids is 1. The minimum Gasteiger partial charge on any atom is -0.454 e. The van der Waals surface area contributed by atoms with Crippen LogP contribution in [0.3, 0.4) is 0 Å². The number of carbonyl (C=O) groups is 1. The monoisotopic (exact) mass is 391 g/mol. The number of benzene rings is 2. The minimum atomic E-state index is -0.268. The second-order valence-electron chi connectivity index (χ2n) is 6.84. The van der Waals surface area contributed by atoms with E-state index in [1.165, 1.54) is 22.5 Å². The molecule has 0 bridgehead atoms. The summed E-state index contributed by atoms with van der Waals surface area (Å²) in [6.45, 7) is 4.32. The number of anilines is 2. The Balaban J connectivity index is 1.53. The molecule has 0 radical (unpaired) electrons. The zero-order valence-electron chi connectivity index (χ0n) is 15.3. The van der Waals surface area contributed by atoms with Crippen molar-refractivity contribution >= 4 is 49.7 Å². The molecule has 1 aliphatic rings. The van der Waals surface area contributed by atoms with E-state index in [0.717, 1.165) is 21.1 Å². The summed E-state index contributed by atoms with van der Waals surface area (Å²) in [7, 11) is 0. The van der Waals surface area contributed by atoms with Gasteiger partial charge in [0.1, 0.15) is 9.71 Å². The van der Waals surface area contributed by atoms with Crippen molar-refractivity contribution in [3.63, 3.8) is 0 Å². The van der Waals surface area contributed by atoms with Gasteiger partial charge in [-0.25, -0.2) is 4.98 Å². The van der Waals surface area contributed by atoms with E-state index in [4.69, 9.17) is 20.2 Å². The fourth-order valence-electron chi connectivity index (χ4n) is 3.30. The van der Waals surface area contributed by atoms with Crippen LogP contribution < -0.4 is 20.5 Å². The lowest BCUT2D eigenvalue weighted by atomic mass is 10.1. The molecule has 0 saturated carbocycles. The van der Waals surface area contributed by atoms with Gasteiger partial charge in [-0.15, -0.1) is 11.3 Å². The number of nitrogens with zero attached hydrogens (tertiary/aromatic N) is 1. The molecule has 0 fully saturated rings. The first-order valence-corrected chi connectivity index (χ1v) is 9.62. The summed E-state index contributed by atoms with van der Waals surface area (Å²) in [6, 6.07) is 11.4.